The molecule has 5 heteroatoms. The first-order valence-electron chi connectivity index (χ1n) is 7.12. The van der Waals surface area contributed by atoms with Crippen LogP contribution in [0.3, 0.4) is 0 Å². The number of hydrogen-bond acceptors (Lipinski definition) is 2. The van der Waals surface area contributed by atoms with Crippen molar-refractivity contribution in [3.05, 3.63) is 59.1 Å². The lowest BCUT2D eigenvalue weighted by atomic mass is 10.2. The summed E-state index contributed by atoms with van der Waals surface area (Å²) in [5.41, 5.74) is 1.75. The van der Waals surface area contributed by atoms with Crippen molar-refractivity contribution < 1.29 is 9.59 Å². The molecule has 2 amide bonds. The van der Waals surface area contributed by atoms with Crippen molar-refractivity contribution in [1.29, 1.82) is 0 Å². The summed E-state index contributed by atoms with van der Waals surface area (Å²) in [4.78, 5) is 26.0. The quantitative estimate of drug-likeness (QED) is 0.938. The van der Waals surface area contributed by atoms with Crippen LogP contribution in [0.2, 0.25) is 5.02 Å². The highest BCUT2D eigenvalue weighted by Gasteiger charge is 2.24. The molecule has 1 heterocycles. The van der Waals surface area contributed by atoms with E-state index in [1.165, 1.54) is 0 Å². The van der Waals surface area contributed by atoms with E-state index < -0.39 is 0 Å². The van der Waals surface area contributed by atoms with Crippen LogP contribution >= 0.6 is 11.6 Å². The van der Waals surface area contributed by atoms with Crippen molar-refractivity contribution in [1.82, 2.24) is 0 Å². The van der Waals surface area contributed by atoms with Gasteiger partial charge in [-0.2, -0.15) is 0 Å². The maximum atomic E-state index is 12.4. The van der Waals surface area contributed by atoms with Crippen molar-refractivity contribution in [2.45, 2.75) is 12.8 Å². The van der Waals surface area contributed by atoms with E-state index in [0.29, 0.717) is 29.2 Å². The normalized spacial score (nSPS) is 14.2. The Kier molecular flexibility index (Phi) is 4.11. The zero-order valence-corrected chi connectivity index (χ0v) is 12.6. The zero-order chi connectivity index (χ0) is 15.5. The summed E-state index contributed by atoms with van der Waals surface area (Å²) < 4.78 is 0. The molecule has 1 aliphatic rings. The van der Waals surface area contributed by atoms with Gasteiger partial charge in [0.15, 0.2) is 0 Å². The summed E-state index contributed by atoms with van der Waals surface area (Å²) in [6, 6.07) is 14.2. The molecule has 0 unspecified atom stereocenters. The van der Waals surface area contributed by atoms with Gasteiger partial charge in [-0.15, -0.1) is 0 Å². The van der Waals surface area contributed by atoms with Gasteiger partial charge in [0.1, 0.15) is 0 Å². The lowest BCUT2D eigenvalue weighted by molar-refractivity contribution is -0.117. The standard InChI is InChI=1S/C17H15ClN2O2/c18-13-7-2-1-6-12(13)17(22)19-14-8-3-4-9-15(14)20-11-5-10-16(20)21/h1-4,6-9H,5,10-11H2,(H,19,22). The smallest absolute Gasteiger partial charge is 0.257 e. The van der Waals surface area contributed by atoms with Gasteiger partial charge in [0.2, 0.25) is 5.91 Å². The van der Waals surface area contributed by atoms with Gasteiger partial charge in [-0.05, 0) is 30.7 Å². The second kappa shape index (κ2) is 6.20. The number of rotatable bonds is 3. The van der Waals surface area contributed by atoms with Crippen LogP contribution in [0.4, 0.5) is 11.4 Å². The van der Waals surface area contributed by atoms with E-state index >= 15 is 0 Å². The molecule has 3 rings (SSSR count). The van der Waals surface area contributed by atoms with Crippen molar-refractivity contribution in [2.75, 3.05) is 16.8 Å². The van der Waals surface area contributed by atoms with Crippen molar-refractivity contribution in [3.8, 4) is 0 Å². The van der Waals surface area contributed by atoms with Gasteiger partial charge in [0.05, 0.1) is 22.0 Å². The number of nitrogens with one attached hydrogen (secondary N) is 1. The fourth-order valence-electron chi connectivity index (χ4n) is 2.55. The van der Waals surface area contributed by atoms with Gasteiger partial charge in [0, 0.05) is 13.0 Å². The third-order valence-electron chi connectivity index (χ3n) is 3.63. The van der Waals surface area contributed by atoms with Gasteiger partial charge >= 0.3 is 0 Å². The molecule has 1 aliphatic heterocycles. The number of hydrogen-bond donors (Lipinski definition) is 1. The fourth-order valence-corrected chi connectivity index (χ4v) is 2.77. The SMILES string of the molecule is O=C(Nc1ccccc1N1CCCC1=O)c1ccccc1Cl. The minimum absolute atomic E-state index is 0.0828. The Labute approximate surface area is 133 Å². The number of carbonyl (C=O) groups excluding carboxylic acids is 2. The first-order chi connectivity index (χ1) is 10.7. The summed E-state index contributed by atoms with van der Waals surface area (Å²) in [7, 11) is 0. The van der Waals surface area contributed by atoms with E-state index in [0.717, 1.165) is 12.1 Å². The number of nitrogens with zero attached hydrogens (tertiary/aromatic N) is 1. The Hall–Kier alpha value is -2.33. The zero-order valence-electron chi connectivity index (χ0n) is 11.9. The largest absolute Gasteiger partial charge is 0.320 e. The number of carbonyl (C=O) groups is 2. The Morgan fingerprint density at radius 1 is 1.09 bits per heavy atom. The first-order valence-corrected chi connectivity index (χ1v) is 7.50. The molecular weight excluding hydrogens is 300 g/mol. The Morgan fingerprint density at radius 3 is 2.55 bits per heavy atom. The van der Waals surface area contributed by atoms with Gasteiger partial charge < -0.3 is 10.2 Å². The van der Waals surface area contributed by atoms with Crippen LogP contribution in [0.15, 0.2) is 48.5 Å². The maximum absolute atomic E-state index is 12.4. The highest BCUT2D eigenvalue weighted by atomic mass is 35.5. The van der Waals surface area contributed by atoms with Crippen LogP contribution in [0.5, 0.6) is 0 Å². The molecule has 0 bridgehead atoms. The highest BCUT2D eigenvalue weighted by molar-refractivity contribution is 6.34. The van der Waals surface area contributed by atoms with Crippen molar-refractivity contribution in [2.24, 2.45) is 0 Å². The van der Waals surface area contributed by atoms with E-state index in [1.807, 2.05) is 18.2 Å². The van der Waals surface area contributed by atoms with Gasteiger partial charge in [0.25, 0.3) is 5.91 Å². The molecule has 2 aromatic rings. The first kappa shape index (κ1) is 14.6. The minimum Gasteiger partial charge on any atom is -0.320 e. The lowest BCUT2D eigenvalue weighted by Crippen LogP contribution is -2.25. The third-order valence-corrected chi connectivity index (χ3v) is 3.96. The molecule has 1 N–H and O–H groups in total. The average molecular weight is 315 g/mol. The second-order valence-corrected chi connectivity index (χ2v) is 5.51. The Balaban J connectivity index is 1.88. The number of amides is 2. The van der Waals surface area contributed by atoms with Crippen molar-refractivity contribution in [3.63, 3.8) is 0 Å². The molecule has 1 saturated heterocycles. The topological polar surface area (TPSA) is 49.4 Å². The molecule has 0 spiro atoms. The summed E-state index contributed by atoms with van der Waals surface area (Å²) in [5.74, 6) is -0.205. The molecular formula is C17H15ClN2O2. The summed E-state index contributed by atoms with van der Waals surface area (Å²) in [6.07, 6.45) is 1.39. The molecule has 22 heavy (non-hydrogen) atoms. The van der Waals surface area contributed by atoms with Gasteiger partial charge in [-0.1, -0.05) is 35.9 Å². The predicted molar refractivity (Wildman–Crippen MR) is 87.4 cm³/mol. The maximum Gasteiger partial charge on any atom is 0.257 e. The molecule has 0 radical (unpaired) electrons. The van der Waals surface area contributed by atoms with Crippen LogP contribution in [-0.4, -0.2) is 18.4 Å². The number of benzene rings is 2. The molecule has 4 nitrogen and oxygen atoms in total. The molecule has 1 fully saturated rings. The summed E-state index contributed by atoms with van der Waals surface area (Å²) >= 11 is 6.05. The molecule has 2 aromatic carbocycles. The number of anilines is 2. The third kappa shape index (κ3) is 2.83. The Morgan fingerprint density at radius 2 is 1.82 bits per heavy atom. The van der Waals surface area contributed by atoms with Crippen LogP contribution in [-0.2, 0) is 4.79 Å². The summed E-state index contributed by atoms with van der Waals surface area (Å²) in [6.45, 7) is 0.678. The monoisotopic (exact) mass is 314 g/mol. The molecule has 0 atom stereocenters. The fraction of sp³-hybridized carbons (Fsp3) is 0.176. The Bertz CT molecular complexity index is 730. The van der Waals surface area contributed by atoms with Crippen molar-refractivity contribution >= 4 is 34.8 Å². The van der Waals surface area contributed by atoms with Crippen LogP contribution in [0, 0.1) is 0 Å². The average Bonchev–Trinajstić information content (AvgIpc) is 2.94. The van der Waals surface area contributed by atoms with Crippen LogP contribution in [0.1, 0.15) is 23.2 Å². The van der Waals surface area contributed by atoms with Gasteiger partial charge in [-0.3, -0.25) is 9.59 Å². The number of halogens is 1. The second-order valence-electron chi connectivity index (χ2n) is 5.10. The van der Waals surface area contributed by atoms with Gasteiger partial charge in [-0.25, -0.2) is 0 Å². The minimum atomic E-state index is -0.287. The molecule has 0 aromatic heterocycles. The molecule has 112 valence electrons. The highest BCUT2D eigenvalue weighted by Crippen LogP contribution is 2.30. The van der Waals surface area contributed by atoms with E-state index in [9.17, 15) is 9.59 Å². The van der Waals surface area contributed by atoms with E-state index in [1.54, 1.807) is 35.2 Å². The molecule has 0 saturated carbocycles. The predicted octanol–water partition coefficient (Wildman–Crippen LogP) is 3.72. The van der Waals surface area contributed by atoms with E-state index in [4.69, 9.17) is 11.6 Å². The number of para-hydroxylation sites is 2. The lowest BCUT2D eigenvalue weighted by Gasteiger charge is -2.20. The van der Waals surface area contributed by atoms with E-state index in [2.05, 4.69) is 5.32 Å². The summed E-state index contributed by atoms with van der Waals surface area (Å²) in [5, 5.41) is 3.25. The van der Waals surface area contributed by atoms with E-state index in [-0.39, 0.29) is 11.8 Å². The van der Waals surface area contributed by atoms with Crippen LogP contribution < -0.4 is 10.2 Å². The van der Waals surface area contributed by atoms with Crippen LogP contribution in [0.25, 0.3) is 0 Å². The molecule has 0 aliphatic carbocycles.